The molecule has 0 unspecified atom stereocenters. The smallest absolute Gasteiger partial charge is 0.243 e. The van der Waals surface area contributed by atoms with Crippen molar-refractivity contribution in [3.8, 4) is 5.75 Å². The Morgan fingerprint density at radius 1 is 1.11 bits per heavy atom. The number of benzene rings is 1. The average Bonchev–Trinajstić information content (AvgIpc) is 3.19. The zero-order valence-corrected chi connectivity index (χ0v) is 18.9. The highest BCUT2D eigenvalue weighted by Gasteiger charge is 2.06. The van der Waals surface area contributed by atoms with E-state index >= 15 is 0 Å². The first kappa shape index (κ1) is 23.8. The number of aliphatic imine (C=N–C) groups is 1. The van der Waals surface area contributed by atoms with Gasteiger partial charge in [0.2, 0.25) is 5.91 Å². The Morgan fingerprint density at radius 3 is 2.46 bits per heavy atom. The van der Waals surface area contributed by atoms with E-state index in [1.807, 2.05) is 36.4 Å². The molecule has 28 heavy (non-hydrogen) atoms. The number of carbonyl (C=O) groups excluding carboxylic acids is 1. The highest BCUT2D eigenvalue weighted by Crippen LogP contribution is 2.17. The topological polar surface area (TPSA) is 79.1 Å². The van der Waals surface area contributed by atoms with Crippen molar-refractivity contribution in [1.82, 2.24) is 15.5 Å². The Labute approximate surface area is 183 Å². The number of para-hydroxylation sites is 1. The van der Waals surface area contributed by atoms with Crippen molar-refractivity contribution >= 4 is 35.8 Å². The molecule has 2 rings (SSSR count). The summed E-state index contributed by atoms with van der Waals surface area (Å²) in [7, 11) is 5.11. The summed E-state index contributed by atoms with van der Waals surface area (Å²) in [5.74, 6) is 2.32. The number of guanidine groups is 1. The molecule has 0 spiro atoms. The van der Waals surface area contributed by atoms with Gasteiger partial charge in [0, 0.05) is 33.6 Å². The van der Waals surface area contributed by atoms with E-state index in [-0.39, 0.29) is 36.4 Å². The number of likely N-dealkylation sites (N-methyl/N-ethyl adjacent to an activating group) is 1. The molecular weight excluding hydrogens is 471 g/mol. The van der Waals surface area contributed by atoms with Crippen LogP contribution in [0.2, 0.25) is 0 Å². The second-order valence-corrected chi connectivity index (χ2v) is 6.20. The Morgan fingerprint density at radius 2 is 1.82 bits per heavy atom. The molecule has 0 saturated heterocycles. The normalized spacial score (nSPS) is 10.8. The molecule has 0 aliphatic carbocycles. The van der Waals surface area contributed by atoms with E-state index in [0.717, 1.165) is 29.9 Å². The molecule has 154 valence electrons. The Hall–Kier alpha value is -2.23. The van der Waals surface area contributed by atoms with Crippen molar-refractivity contribution in [2.75, 3.05) is 40.8 Å². The van der Waals surface area contributed by atoms with Crippen LogP contribution < -0.4 is 15.4 Å². The summed E-state index contributed by atoms with van der Waals surface area (Å²) in [6.45, 7) is 1.42. The minimum Gasteiger partial charge on any atom is -0.496 e. The number of carbonyl (C=O) groups is 1. The number of furan rings is 1. The molecule has 0 radical (unpaired) electrons. The first-order valence-corrected chi connectivity index (χ1v) is 8.96. The number of halogens is 1. The second-order valence-electron chi connectivity index (χ2n) is 6.20. The number of amides is 1. The molecule has 0 aliphatic rings. The van der Waals surface area contributed by atoms with E-state index in [4.69, 9.17) is 9.15 Å². The van der Waals surface area contributed by atoms with Crippen LogP contribution >= 0.6 is 24.0 Å². The molecule has 1 aromatic carbocycles. The van der Waals surface area contributed by atoms with Crippen LogP contribution in [-0.4, -0.2) is 57.6 Å². The molecule has 0 atom stereocenters. The van der Waals surface area contributed by atoms with Crippen LogP contribution in [0.1, 0.15) is 11.3 Å². The number of ether oxygens (including phenoxy) is 1. The van der Waals surface area contributed by atoms with Crippen molar-refractivity contribution in [3.05, 3.63) is 54.0 Å². The third-order valence-electron chi connectivity index (χ3n) is 3.99. The van der Waals surface area contributed by atoms with Gasteiger partial charge in [-0.3, -0.25) is 4.79 Å². The van der Waals surface area contributed by atoms with Gasteiger partial charge < -0.3 is 24.7 Å². The fraction of sp³-hybridized carbons (Fsp3) is 0.400. The van der Waals surface area contributed by atoms with Crippen molar-refractivity contribution in [3.63, 3.8) is 0 Å². The quantitative estimate of drug-likeness (QED) is 0.314. The Balaban J connectivity index is 0.00000392. The van der Waals surface area contributed by atoms with Crippen molar-refractivity contribution < 1.29 is 13.9 Å². The first-order chi connectivity index (χ1) is 13.1. The number of hydrogen-bond donors (Lipinski definition) is 2. The summed E-state index contributed by atoms with van der Waals surface area (Å²) in [6.07, 6.45) is 3.18. The SMILES string of the molecule is COc1ccccc1CCNC(=NCC(=O)N(C)C)NCCc1ccco1.I. The first-order valence-electron chi connectivity index (χ1n) is 8.96. The lowest BCUT2D eigenvalue weighted by Gasteiger charge is -2.14. The van der Waals surface area contributed by atoms with Crippen LogP contribution in [0.4, 0.5) is 0 Å². The zero-order valence-electron chi connectivity index (χ0n) is 16.6. The van der Waals surface area contributed by atoms with E-state index in [1.54, 1.807) is 27.5 Å². The van der Waals surface area contributed by atoms with E-state index in [9.17, 15) is 4.79 Å². The van der Waals surface area contributed by atoms with Crippen molar-refractivity contribution in [2.24, 2.45) is 4.99 Å². The third kappa shape index (κ3) is 8.20. The molecule has 0 aliphatic heterocycles. The van der Waals surface area contributed by atoms with Crippen LogP contribution in [0.25, 0.3) is 0 Å². The predicted octanol–water partition coefficient (Wildman–Crippen LogP) is 2.31. The highest BCUT2D eigenvalue weighted by molar-refractivity contribution is 14.0. The molecule has 1 aromatic heterocycles. The van der Waals surface area contributed by atoms with Crippen LogP contribution in [0.15, 0.2) is 52.1 Å². The van der Waals surface area contributed by atoms with E-state index < -0.39 is 0 Å². The number of rotatable bonds is 9. The van der Waals surface area contributed by atoms with Crippen LogP contribution in [0, 0.1) is 0 Å². The van der Waals surface area contributed by atoms with Gasteiger partial charge in [0.1, 0.15) is 18.1 Å². The molecule has 8 heteroatoms. The number of nitrogens with one attached hydrogen (secondary N) is 2. The van der Waals surface area contributed by atoms with Gasteiger partial charge in [-0.05, 0) is 30.2 Å². The fourth-order valence-electron chi connectivity index (χ4n) is 2.45. The second kappa shape index (κ2) is 13.0. The van der Waals surface area contributed by atoms with Gasteiger partial charge in [-0.1, -0.05) is 18.2 Å². The van der Waals surface area contributed by atoms with Gasteiger partial charge in [0.15, 0.2) is 5.96 Å². The Bertz CT molecular complexity index is 733. The third-order valence-corrected chi connectivity index (χ3v) is 3.99. The molecule has 2 N–H and O–H groups in total. The van der Waals surface area contributed by atoms with Gasteiger partial charge in [0.25, 0.3) is 0 Å². The average molecular weight is 500 g/mol. The van der Waals surface area contributed by atoms with Gasteiger partial charge in [-0.15, -0.1) is 24.0 Å². The van der Waals surface area contributed by atoms with E-state index in [0.29, 0.717) is 19.0 Å². The summed E-state index contributed by atoms with van der Waals surface area (Å²) < 4.78 is 10.7. The summed E-state index contributed by atoms with van der Waals surface area (Å²) in [5, 5.41) is 6.52. The minimum absolute atomic E-state index is 0. The molecule has 1 heterocycles. The summed E-state index contributed by atoms with van der Waals surface area (Å²) in [4.78, 5) is 17.7. The van der Waals surface area contributed by atoms with Crippen LogP contribution in [0.5, 0.6) is 5.75 Å². The minimum atomic E-state index is -0.0492. The lowest BCUT2D eigenvalue weighted by atomic mass is 10.1. The number of methoxy groups -OCH3 is 1. The molecule has 0 saturated carbocycles. The molecule has 2 aromatic rings. The zero-order chi connectivity index (χ0) is 19.5. The van der Waals surface area contributed by atoms with Crippen molar-refractivity contribution in [2.45, 2.75) is 12.8 Å². The number of hydrogen-bond acceptors (Lipinski definition) is 4. The maximum atomic E-state index is 11.8. The molecular formula is C20H29IN4O3. The standard InChI is InChI=1S/C20H28N4O3.HI/c1-24(2)19(25)15-23-20(22-13-11-17-8-6-14-27-17)21-12-10-16-7-4-5-9-18(16)26-3;/h4-9,14H,10-13,15H2,1-3H3,(H2,21,22,23);1H. The lowest BCUT2D eigenvalue weighted by molar-refractivity contribution is -0.127. The molecule has 7 nitrogen and oxygen atoms in total. The van der Waals surface area contributed by atoms with Gasteiger partial charge in [0.05, 0.1) is 13.4 Å². The van der Waals surface area contributed by atoms with Gasteiger partial charge in [-0.2, -0.15) is 0 Å². The highest BCUT2D eigenvalue weighted by atomic mass is 127. The maximum Gasteiger partial charge on any atom is 0.243 e. The summed E-state index contributed by atoms with van der Waals surface area (Å²) >= 11 is 0. The predicted molar refractivity (Wildman–Crippen MR) is 122 cm³/mol. The monoisotopic (exact) mass is 500 g/mol. The van der Waals surface area contributed by atoms with E-state index in [2.05, 4.69) is 15.6 Å². The largest absolute Gasteiger partial charge is 0.496 e. The van der Waals surface area contributed by atoms with Crippen molar-refractivity contribution in [1.29, 1.82) is 0 Å². The summed E-state index contributed by atoms with van der Waals surface area (Å²) in [6, 6.07) is 11.7. The maximum absolute atomic E-state index is 11.8. The Kier molecular flexibility index (Phi) is 11.1. The van der Waals surface area contributed by atoms with E-state index in [1.165, 1.54) is 4.90 Å². The fourth-order valence-corrected chi connectivity index (χ4v) is 2.45. The van der Waals surface area contributed by atoms with Crippen LogP contribution in [-0.2, 0) is 17.6 Å². The van der Waals surface area contributed by atoms with Crippen LogP contribution in [0.3, 0.4) is 0 Å². The van der Waals surface area contributed by atoms with Gasteiger partial charge >= 0.3 is 0 Å². The molecule has 0 bridgehead atoms. The molecule has 0 fully saturated rings. The number of nitrogens with zero attached hydrogens (tertiary/aromatic N) is 2. The summed E-state index contributed by atoms with van der Waals surface area (Å²) in [5.41, 5.74) is 1.12. The molecule has 1 amide bonds. The lowest BCUT2D eigenvalue weighted by Crippen LogP contribution is -2.40. The van der Waals surface area contributed by atoms with Gasteiger partial charge in [-0.25, -0.2) is 4.99 Å².